The maximum absolute atomic E-state index is 12.5. The molecule has 0 rings (SSSR count). The van der Waals surface area contributed by atoms with E-state index in [1.54, 1.807) is 0 Å². The number of hydrogen-bond acceptors (Lipinski definition) is 5. The van der Waals surface area contributed by atoms with E-state index in [9.17, 15) is 19.8 Å². The summed E-state index contributed by atoms with van der Waals surface area (Å²) >= 11 is 0. The van der Waals surface area contributed by atoms with Gasteiger partial charge in [-0.15, -0.1) is 0 Å². The smallest absolute Gasteiger partial charge is 0.305 e. The summed E-state index contributed by atoms with van der Waals surface area (Å²) in [5.74, 6) is -0.0221. The first-order valence-electron chi connectivity index (χ1n) is 34.1. The van der Waals surface area contributed by atoms with E-state index in [1.807, 2.05) is 0 Å². The topological polar surface area (TPSA) is 95.9 Å². The van der Waals surface area contributed by atoms with Gasteiger partial charge in [-0.2, -0.15) is 0 Å². The summed E-state index contributed by atoms with van der Waals surface area (Å²) in [5, 5.41) is 23.2. The van der Waals surface area contributed by atoms with Gasteiger partial charge in [0.2, 0.25) is 5.91 Å². The molecule has 75 heavy (non-hydrogen) atoms. The molecule has 6 nitrogen and oxygen atoms in total. The number of carbonyl (C=O) groups excluding carboxylic acids is 2. The summed E-state index contributed by atoms with van der Waals surface area (Å²) in [6, 6.07) is -0.536. The molecule has 0 bridgehead atoms. The molecule has 0 aliphatic heterocycles. The van der Waals surface area contributed by atoms with Crippen LogP contribution in [0.2, 0.25) is 0 Å². The first-order valence-corrected chi connectivity index (χ1v) is 34.1. The van der Waals surface area contributed by atoms with Crippen molar-refractivity contribution in [2.24, 2.45) is 0 Å². The molecule has 0 aliphatic rings. The van der Waals surface area contributed by atoms with E-state index in [-0.39, 0.29) is 18.5 Å². The van der Waals surface area contributed by atoms with Gasteiger partial charge in [0.25, 0.3) is 0 Å². The average molecular weight is 1060 g/mol. The van der Waals surface area contributed by atoms with Crippen LogP contribution in [0.15, 0.2) is 24.3 Å². The van der Waals surface area contributed by atoms with Gasteiger partial charge in [-0.3, -0.25) is 9.59 Å². The van der Waals surface area contributed by atoms with Crippen LogP contribution in [0.1, 0.15) is 380 Å². The van der Waals surface area contributed by atoms with E-state index in [0.717, 1.165) is 51.4 Å². The van der Waals surface area contributed by atoms with Crippen LogP contribution in [0.4, 0.5) is 0 Å². The summed E-state index contributed by atoms with van der Waals surface area (Å²) in [4.78, 5) is 24.5. The van der Waals surface area contributed by atoms with E-state index in [2.05, 4.69) is 43.5 Å². The molecular weight excluding hydrogens is 923 g/mol. The molecule has 0 aromatic heterocycles. The maximum atomic E-state index is 12.5. The summed E-state index contributed by atoms with van der Waals surface area (Å²) in [6.45, 7) is 4.92. The fraction of sp³-hybridized carbons (Fsp3) is 0.913. The third-order valence-corrected chi connectivity index (χ3v) is 16.0. The van der Waals surface area contributed by atoms with Crippen LogP contribution >= 0.6 is 0 Å². The van der Waals surface area contributed by atoms with Crippen molar-refractivity contribution >= 4 is 11.9 Å². The fourth-order valence-corrected chi connectivity index (χ4v) is 10.8. The molecule has 0 heterocycles. The van der Waals surface area contributed by atoms with Crippen LogP contribution < -0.4 is 5.32 Å². The Labute approximate surface area is 469 Å². The molecule has 2 unspecified atom stereocenters. The van der Waals surface area contributed by atoms with E-state index < -0.39 is 12.1 Å². The highest BCUT2D eigenvalue weighted by Crippen LogP contribution is 2.19. The number of esters is 1. The maximum Gasteiger partial charge on any atom is 0.305 e. The summed E-state index contributed by atoms with van der Waals surface area (Å²) in [7, 11) is 0. The van der Waals surface area contributed by atoms with Crippen molar-refractivity contribution in [3.8, 4) is 0 Å². The van der Waals surface area contributed by atoms with Crippen molar-refractivity contribution in [3.05, 3.63) is 24.3 Å². The zero-order valence-corrected chi connectivity index (χ0v) is 50.8. The fourth-order valence-electron chi connectivity index (χ4n) is 10.8. The van der Waals surface area contributed by atoms with Crippen molar-refractivity contribution < 1.29 is 24.5 Å². The normalized spacial score (nSPS) is 12.6. The third-order valence-electron chi connectivity index (χ3n) is 16.0. The molecule has 6 heteroatoms. The molecule has 0 fully saturated rings. The Morgan fingerprint density at radius 2 is 0.680 bits per heavy atom. The van der Waals surface area contributed by atoms with Crippen LogP contribution in [-0.4, -0.2) is 47.4 Å². The zero-order valence-electron chi connectivity index (χ0n) is 50.8. The monoisotopic (exact) mass is 1060 g/mol. The highest BCUT2D eigenvalue weighted by atomic mass is 16.5. The second-order valence-electron chi connectivity index (χ2n) is 23.5. The Bertz CT molecular complexity index is 1170. The number of aliphatic hydroxyl groups excluding tert-OH is 2. The number of rotatable bonds is 64. The lowest BCUT2D eigenvalue weighted by molar-refractivity contribution is -0.143. The second kappa shape index (κ2) is 64.9. The molecule has 0 spiro atoms. The van der Waals surface area contributed by atoms with Crippen molar-refractivity contribution in [3.63, 3.8) is 0 Å². The second-order valence-corrected chi connectivity index (χ2v) is 23.5. The van der Waals surface area contributed by atoms with Gasteiger partial charge in [-0.1, -0.05) is 340 Å². The minimum Gasteiger partial charge on any atom is -0.466 e. The Hall–Kier alpha value is -1.66. The SMILES string of the molecule is CCCC/C=C\C/C=C\CCCCCCCC(=O)OCCCCCCCCCCCCCCCCCCCCCCCCCCCCCCCCCCCC(=O)NC(CO)C(O)CCCCCCCCCCCCC. The molecule has 0 aromatic carbocycles. The number of carbonyl (C=O) groups is 2. The Kier molecular flexibility index (Phi) is 63.4. The van der Waals surface area contributed by atoms with Crippen LogP contribution in [0.3, 0.4) is 0 Å². The molecule has 3 N–H and O–H groups in total. The molecule has 2 atom stereocenters. The number of unbranched alkanes of at least 4 members (excludes halogenated alkanes) is 49. The van der Waals surface area contributed by atoms with Crippen LogP contribution in [-0.2, 0) is 14.3 Å². The van der Waals surface area contributed by atoms with Crippen LogP contribution in [0, 0.1) is 0 Å². The molecule has 0 aliphatic carbocycles. The average Bonchev–Trinajstić information content (AvgIpc) is 3.41. The van der Waals surface area contributed by atoms with E-state index in [0.29, 0.717) is 25.9 Å². The molecule has 0 aromatic rings. The largest absolute Gasteiger partial charge is 0.466 e. The molecule has 1 amide bonds. The summed E-state index contributed by atoms with van der Waals surface area (Å²) in [6.07, 6.45) is 80.9. The van der Waals surface area contributed by atoms with Crippen molar-refractivity contribution in [2.75, 3.05) is 13.2 Å². The third kappa shape index (κ3) is 61.4. The number of nitrogens with one attached hydrogen (secondary N) is 1. The molecule has 0 saturated carbocycles. The molecular formula is C69H133NO5. The highest BCUT2D eigenvalue weighted by Gasteiger charge is 2.20. The predicted octanol–water partition coefficient (Wildman–Crippen LogP) is 21.8. The first-order chi connectivity index (χ1) is 37.0. The standard InChI is InChI=1S/C69H133NO5/c1-3-5-7-9-11-13-15-16-39-43-47-51-55-59-63-69(74)75-64-60-56-52-48-44-40-37-35-33-31-29-27-25-23-21-19-17-18-20-22-24-26-28-30-32-34-36-38-42-46-50-54-58-62-68(73)70-66(65-71)67(72)61-57-53-49-45-41-14-12-10-8-6-4-2/h9,11,15-16,66-67,71-72H,3-8,10,12-14,17-65H2,1-2H3,(H,70,73)/b11-9-,16-15-. The van der Waals surface area contributed by atoms with Crippen molar-refractivity contribution in [1.29, 1.82) is 0 Å². The van der Waals surface area contributed by atoms with Gasteiger partial charge in [0.1, 0.15) is 0 Å². The molecule has 444 valence electrons. The number of hydrogen-bond donors (Lipinski definition) is 3. The number of amides is 1. The molecule has 0 saturated heterocycles. The summed E-state index contributed by atoms with van der Waals surface area (Å²) < 4.78 is 5.48. The lowest BCUT2D eigenvalue weighted by atomic mass is 10.0. The van der Waals surface area contributed by atoms with Gasteiger partial charge in [-0.25, -0.2) is 0 Å². The Morgan fingerprint density at radius 1 is 0.373 bits per heavy atom. The highest BCUT2D eigenvalue weighted by molar-refractivity contribution is 5.76. The van der Waals surface area contributed by atoms with Crippen molar-refractivity contribution in [2.45, 2.75) is 392 Å². The number of ether oxygens (including phenoxy) is 1. The minimum absolute atomic E-state index is 0.00734. The van der Waals surface area contributed by atoms with Gasteiger partial charge in [-0.05, 0) is 51.4 Å². The zero-order chi connectivity index (χ0) is 54.3. The van der Waals surface area contributed by atoms with E-state index >= 15 is 0 Å². The first kappa shape index (κ1) is 73.3. The lowest BCUT2D eigenvalue weighted by Gasteiger charge is -2.22. The quantitative estimate of drug-likeness (QED) is 0.0320. The predicted molar refractivity (Wildman–Crippen MR) is 329 cm³/mol. The Balaban J connectivity index is 3.29. The van der Waals surface area contributed by atoms with Gasteiger partial charge < -0.3 is 20.3 Å². The van der Waals surface area contributed by atoms with Gasteiger partial charge >= 0.3 is 5.97 Å². The van der Waals surface area contributed by atoms with E-state index in [1.165, 1.54) is 295 Å². The van der Waals surface area contributed by atoms with Gasteiger partial charge in [0.05, 0.1) is 25.4 Å². The summed E-state index contributed by atoms with van der Waals surface area (Å²) in [5.41, 5.74) is 0. The molecule has 0 radical (unpaired) electrons. The van der Waals surface area contributed by atoms with Crippen molar-refractivity contribution in [1.82, 2.24) is 5.32 Å². The number of allylic oxidation sites excluding steroid dienone is 4. The van der Waals surface area contributed by atoms with Gasteiger partial charge in [0.15, 0.2) is 0 Å². The van der Waals surface area contributed by atoms with E-state index in [4.69, 9.17) is 4.74 Å². The van der Waals surface area contributed by atoms with Gasteiger partial charge in [0, 0.05) is 12.8 Å². The lowest BCUT2D eigenvalue weighted by Crippen LogP contribution is -2.45. The minimum atomic E-state index is -0.659. The number of aliphatic hydroxyl groups is 2. The van der Waals surface area contributed by atoms with Crippen LogP contribution in [0.5, 0.6) is 0 Å². The Morgan fingerprint density at radius 3 is 1.05 bits per heavy atom. The van der Waals surface area contributed by atoms with Crippen LogP contribution in [0.25, 0.3) is 0 Å².